The molecular formula is C19H30O. The molecule has 1 saturated carbocycles. The molecule has 0 amide bonds. The van der Waals surface area contributed by atoms with Gasteiger partial charge in [-0.05, 0) is 42.9 Å². The highest BCUT2D eigenvalue weighted by molar-refractivity contribution is 5.36. The molecular weight excluding hydrogens is 244 g/mol. The molecule has 1 heteroatoms. The lowest BCUT2D eigenvalue weighted by Gasteiger charge is -2.19. The van der Waals surface area contributed by atoms with Gasteiger partial charge in [-0.25, -0.2) is 0 Å². The van der Waals surface area contributed by atoms with E-state index in [1.54, 1.807) is 0 Å². The monoisotopic (exact) mass is 274 g/mol. The predicted molar refractivity (Wildman–Crippen MR) is 86.4 cm³/mol. The van der Waals surface area contributed by atoms with Crippen molar-refractivity contribution in [1.82, 2.24) is 0 Å². The molecule has 1 nitrogen and oxygen atoms in total. The Bertz CT molecular complexity index is 385. The first kappa shape index (κ1) is 15.4. The van der Waals surface area contributed by atoms with Gasteiger partial charge < -0.3 is 5.11 Å². The SMILES string of the molecule is Cc1cc(C2CCCCCCCCCCC2)ccc1O. The van der Waals surface area contributed by atoms with Crippen LogP contribution in [0.15, 0.2) is 18.2 Å². The molecule has 1 fully saturated rings. The lowest BCUT2D eigenvalue weighted by atomic mass is 9.87. The second-order valence-corrected chi connectivity index (χ2v) is 6.50. The van der Waals surface area contributed by atoms with E-state index in [9.17, 15) is 5.11 Å². The fourth-order valence-corrected chi connectivity index (χ4v) is 3.43. The largest absolute Gasteiger partial charge is 0.508 e. The van der Waals surface area contributed by atoms with Gasteiger partial charge in [0.15, 0.2) is 0 Å². The maximum Gasteiger partial charge on any atom is 0.118 e. The quantitative estimate of drug-likeness (QED) is 0.657. The third-order valence-corrected chi connectivity index (χ3v) is 4.80. The number of phenolic OH excluding ortho intramolecular Hbond substituents is 1. The van der Waals surface area contributed by atoms with Crippen molar-refractivity contribution >= 4 is 0 Å². The molecule has 0 spiro atoms. The van der Waals surface area contributed by atoms with Gasteiger partial charge in [0.1, 0.15) is 5.75 Å². The smallest absolute Gasteiger partial charge is 0.118 e. The Kier molecular flexibility index (Phi) is 6.42. The number of hydrogen-bond donors (Lipinski definition) is 1. The van der Waals surface area contributed by atoms with Gasteiger partial charge in [-0.1, -0.05) is 69.9 Å². The van der Waals surface area contributed by atoms with Crippen LogP contribution in [0.2, 0.25) is 0 Å². The number of phenols is 1. The predicted octanol–water partition coefficient (Wildman–Crippen LogP) is 6.09. The molecule has 1 aromatic rings. The molecule has 1 aliphatic rings. The molecule has 0 heterocycles. The zero-order valence-electron chi connectivity index (χ0n) is 13.0. The fourth-order valence-electron chi connectivity index (χ4n) is 3.43. The Morgan fingerprint density at radius 3 is 1.80 bits per heavy atom. The number of rotatable bonds is 1. The van der Waals surface area contributed by atoms with Crippen LogP contribution in [0.4, 0.5) is 0 Å². The van der Waals surface area contributed by atoms with Crippen molar-refractivity contribution in [2.45, 2.75) is 83.5 Å². The first-order valence-corrected chi connectivity index (χ1v) is 8.57. The van der Waals surface area contributed by atoms with Crippen molar-refractivity contribution in [3.8, 4) is 5.75 Å². The van der Waals surface area contributed by atoms with Gasteiger partial charge >= 0.3 is 0 Å². The van der Waals surface area contributed by atoms with E-state index in [2.05, 4.69) is 12.1 Å². The lowest BCUT2D eigenvalue weighted by Crippen LogP contribution is -2.01. The second-order valence-electron chi connectivity index (χ2n) is 6.50. The minimum atomic E-state index is 0.432. The molecule has 1 N–H and O–H groups in total. The zero-order valence-corrected chi connectivity index (χ0v) is 13.0. The third-order valence-electron chi connectivity index (χ3n) is 4.80. The molecule has 112 valence electrons. The van der Waals surface area contributed by atoms with Gasteiger partial charge in [0.05, 0.1) is 0 Å². The van der Waals surface area contributed by atoms with E-state index >= 15 is 0 Å². The maximum atomic E-state index is 9.69. The molecule has 0 bridgehead atoms. The Morgan fingerprint density at radius 2 is 1.30 bits per heavy atom. The summed E-state index contributed by atoms with van der Waals surface area (Å²) in [5.74, 6) is 1.13. The summed E-state index contributed by atoms with van der Waals surface area (Å²) in [6, 6.07) is 6.21. The summed E-state index contributed by atoms with van der Waals surface area (Å²) in [6.45, 7) is 2.01. The van der Waals surface area contributed by atoms with E-state index in [0.29, 0.717) is 11.7 Å². The molecule has 0 aliphatic heterocycles. The number of benzene rings is 1. The summed E-state index contributed by atoms with van der Waals surface area (Å²) in [5, 5.41) is 9.69. The van der Waals surface area contributed by atoms with Crippen molar-refractivity contribution < 1.29 is 5.11 Å². The van der Waals surface area contributed by atoms with Gasteiger partial charge in [0.25, 0.3) is 0 Å². The molecule has 2 rings (SSSR count). The van der Waals surface area contributed by atoms with Crippen LogP contribution in [-0.4, -0.2) is 5.11 Å². The topological polar surface area (TPSA) is 20.2 Å². The van der Waals surface area contributed by atoms with Crippen LogP contribution < -0.4 is 0 Å². The zero-order chi connectivity index (χ0) is 14.2. The van der Waals surface area contributed by atoms with E-state index in [0.717, 1.165) is 5.56 Å². The van der Waals surface area contributed by atoms with Crippen molar-refractivity contribution in [1.29, 1.82) is 0 Å². The van der Waals surface area contributed by atoms with Crippen LogP contribution in [0.3, 0.4) is 0 Å². The number of hydrogen-bond acceptors (Lipinski definition) is 1. The molecule has 0 radical (unpaired) electrons. The lowest BCUT2D eigenvalue weighted by molar-refractivity contribution is 0.461. The van der Waals surface area contributed by atoms with E-state index in [4.69, 9.17) is 0 Å². The highest BCUT2D eigenvalue weighted by atomic mass is 16.3. The second kappa shape index (κ2) is 8.34. The van der Waals surface area contributed by atoms with Crippen LogP contribution >= 0.6 is 0 Å². The Labute approximate surface area is 124 Å². The molecule has 0 saturated heterocycles. The van der Waals surface area contributed by atoms with Crippen LogP contribution in [0, 0.1) is 6.92 Å². The van der Waals surface area contributed by atoms with Crippen LogP contribution in [0.25, 0.3) is 0 Å². The summed E-state index contributed by atoms with van der Waals surface area (Å²) in [5.41, 5.74) is 2.46. The first-order chi connectivity index (χ1) is 9.77. The molecule has 0 atom stereocenters. The minimum Gasteiger partial charge on any atom is -0.508 e. The highest BCUT2D eigenvalue weighted by Gasteiger charge is 2.13. The standard InChI is InChI=1S/C19H30O/c1-16-15-18(13-14-19(16)20)17-11-9-7-5-3-2-4-6-8-10-12-17/h13-15,17,20H,2-12H2,1H3. The molecule has 0 aromatic heterocycles. The van der Waals surface area contributed by atoms with E-state index < -0.39 is 0 Å². The first-order valence-electron chi connectivity index (χ1n) is 8.57. The number of aromatic hydroxyl groups is 1. The van der Waals surface area contributed by atoms with E-state index in [1.165, 1.54) is 76.2 Å². The van der Waals surface area contributed by atoms with Crippen LogP contribution in [-0.2, 0) is 0 Å². The molecule has 1 aliphatic carbocycles. The normalized spacial score (nSPS) is 20.1. The van der Waals surface area contributed by atoms with Gasteiger partial charge in [-0.15, -0.1) is 0 Å². The fraction of sp³-hybridized carbons (Fsp3) is 0.684. The van der Waals surface area contributed by atoms with Gasteiger partial charge in [0.2, 0.25) is 0 Å². The molecule has 0 unspecified atom stereocenters. The Morgan fingerprint density at radius 1 is 0.800 bits per heavy atom. The third kappa shape index (κ3) is 4.85. The Hall–Kier alpha value is -0.980. The summed E-state index contributed by atoms with van der Waals surface area (Å²) >= 11 is 0. The summed E-state index contributed by atoms with van der Waals surface area (Å²) in [7, 11) is 0. The summed E-state index contributed by atoms with van der Waals surface area (Å²) in [6.07, 6.45) is 15.3. The van der Waals surface area contributed by atoms with Crippen molar-refractivity contribution in [3.05, 3.63) is 29.3 Å². The van der Waals surface area contributed by atoms with Crippen LogP contribution in [0.5, 0.6) is 5.75 Å². The highest BCUT2D eigenvalue weighted by Crippen LogP contribution is 2.31. The number of aryl methyl sites for hydroxylation is 1. The average Bonchev–Trinajstić information content (AvgIpc) is 2.43. The van der Waals surface area contributed by atoms with Crippen molar-refractivity contribution in [2.24, 2.45) is 0 Å². The average molecular weight is 274 g/mol. The Balaban J connectivity index is 1.99. The van der Waals surface area contributed by atoms with Gasteiger partial charge in [-0.3, -0.25) is 0 Å². The summed E-state index contributed by atoms with van der Waals surface area (Å²) in [4.78, 5) is 0. The van der Waals surface area contributed by atoms with Gasteiger partial charge in [0, 0.05) is 0 Å². The molecule has 1 aromatic carbocycles. The summed E-state index contributed by atoms with van der Waals surface area (Å²) < 4.78 is 0. The van der Waals surface area contributed by atoms with Crippen LogP contribution in [0.1, 0.15) is 87.7 Å². The van der Waals surface area contributed by atoms with Crippen molar-refractivity contribution in [2.75, 3.05) is 0 Å². The van der Waals surface area contributed by atoms with E-state index in [1.807, 2.05) is 13.0 Å². The van der Waals surface area contributed by atoms with E-state index in [-0.39, 0.29) is 0 Å². The van der Waals surface area contributed by atoms with Crippen molar-refractivity contribution in [3.63, 3.8) is 0 Å². The minimum absolute atomic E-state index is 0.432. The molecule has 20 heavy (non-hydrogen) atoms. The maximum absolute atomic E-state index is 9.69. The van der Waals surface area contributed by atoms with Gasteiger partial charge in [-0.2, -0.15) is 0 Å².